The molecule has 0 bridgehead atoms. The molecule has 0 unspecified atom stereocenters. The molecule has 1 aromatic heterocycles. The number of carbonyl (C=O) groups excluding carboxylic acids is 1. The van der Waals surface area contributed by atoms with Gasteiger partial charge < -0.3 is 19.3 Å². The summed E-state index contributed by atoms with van der Waals surface area (Å²) in [4.78, 5) is 21.5. The third kappa shape index (κ3) is 5.32. The summed E-state index contributed by atoms with van der Waals surface area (Å²) in [5, 5.41) is 0.405. The molecule has 1 saturated heterocycles. The third-order valence-electron chi connectivity index (χ3n) is 4.84. The second-order valence-corrected chi connectivity index (χ2v) is 7.29. The summed E-state index contributed by atoms with van der Waals surface area (Å²) in [7, 11) is 0. The minimum Gasteiger partial charge on any atom is -0.490 e. The number of hydrogen-bond donors (Lipinski definition) is 0. The Bertz CT molecular complexity index is 808. The molecule has 6 nitrogen and oxygen atoms in total. The highest BCUT2D eigenvalue weighted by Gasteiger charge is 2.25. The number of pyridine rings is 1. The van der Waals surface area contributed by atoms with Crippen LogP contribution in [-0.4, -0.2) is 55.2 Å². The molecule has 1 aliphatic rings. The van der Waals surface area contributed by atoms with Crippen LogP contribution in [0.25, 0.3) is 0 Å². The van der Waals surface area contributed by atoms with E-state index in [-0.39, 0.29) is 5.91 Å². The van der Waals surface area contributed by atoms with E-state index in [0.717, 1.165) is 31.7 Å². The van der Waals surface area contributed by atoms with Crippen molar-refractivity contribution in [3.8, 4) is 11.5 Å². The molecule has 29 heavy (non-hydrogen) atoms. The van der Waals surface area contributed by atoms with Crippen molar-refractivity contribution in [2.45, 2.75) is 26.7 Å². The SMILES string of the molecule is CCCCOc1c(Cl)cc(C(=O)N2CCN(c3ccccn3)CC2)cc1OCC. The molecule has 0 radical (unpaired) electrons. The molecular weight excluding hydrogens is 390 g/mol. The minimum absolute atomic E-state index is 0.0476. The molecule has 0 aliphatic carbocycles. The number of carbonyl (C=O) groups is 1. The van der Waals surface area contributed by atoms with Crippen LogP contribution in [0.15, 0.2) is 36.5 Å². The van der Waals surface area contributed by atoms with Crippen LogP contribution in [0.4, 0.5) is 5.82 Å². The van der Waals surface area contributed by atoms with Crippen LogP contribution in [0.2, 0.25) is 5.02 Å². The Morgan fingerprint density at radius 3 is 2.59 bits per heavy atom. The van der Waals surface area contributed by atoms with Crippen LogP contribution >= 0.6 is 11.6 Å². The van der Waals surface area contributed by atoms with E-state index in [4.69, 9.17) is 21.1 Å². The normalized spacial score (nSPS) is 14.0. The van der Waals surface area contributed by atoms with E-state index in [0.29, 0.717) is 48.4 Å². The highest BCUT2D eigenvalue weighted by molar-refractivity contribution is 6.32. The van der Waals surface area contributed by atoms with Crippen LogP contribution in [0.1, 0.15) is 37.0 Å². The van der Waals surface area contributed by atoms with Gasteiger partial charge in [0.05, 0.1) is 18.2 Å². The lowest BCUT2D eigenvalue weighted by Gasteiger charge is -2.35. The van der Waals surface area contributed by atoms with Gasteiger partial charge in [-0.05, 0) is 37.6 Å². The molecule has 2 aromatic rings. The van der Waals surface area contributed by atoms with E-state index >= 15 is 0 Å². The Morgan fingerprint density at radius 1 is 1.14 bits per heavy atom. The van der Waals surface area contributed by atoms with Gasteiger partial charge in [0, 0.05) is 37.9 Å². The zero-order valence-electron chi connectivity index (χ0n) is 17.1. The van der Waals surface area contributed by atoms with E-state index < -0.39 is 0 Å². The van der Waals surface area contributed by atoms with E-state index in [2.05, 4.69) is 16.8 Å². The Morgan fingerprint density at radius 2 is 1.93 bits per heavy atom. The molecule has 3 rings (SSSR count). The van der Waals surface area contributed by atoms with Gasteiger partial charge in [-0.3, -0.25) is 4.79 Å². The van der Waals surface area contributed by atoms with Crippen molar-refractivity contribution in [2.75, 3.05) is 44.3 Å². The Hall–Kier alpha value is -2.47. The summed E-state index contributed by atoms with van der Waals surface area (Å²) < 4.78 is 11.5. The number of hydrogen-bond acceptors (Lipinski definition) is 5. The van der Waals surface area contributed by atoms with Crippen LogP contribution in [0, 0.1) is 0 Å². The highest BCUT2D eigenvalue weighted by Crippen LogP contribution is 2.37. The van der Waals surface area contributed by atoms with Crippen molar-refractivity contribution in [3.05, 3.63) is 47.1 Å². The van der Waals surface area contributed by atoms with Crippen LogP contribution in [0.3, 0.4) is 0 Å². The van der Waals surface area contributed by atoms with Gasteiger partial charge >= 0.3 is 0 Å². The van der Waals surface area contributed by atoms with Crippen molar-refractivity contribution in [1.29, 1.82) is 0 Å². The first kappa shape index (κ1) is 21.2. The highest BCUT2D eigenvalue weighted by atomic mass is 35.5. The summed E-state index contributed by atoms with van der Waals surface area (Å²) in [5.41, 5.74) is 0.521. The Kier molecular flexibility index (Phi) is 7.58. The first-order valence-electron chi connectivity index (χ1n) is 10.2. The van der Waals surface area contributed by atoms with Gasteiger partial charge in [-0.15, -0.1) is 0 Å². The van der Waals surface area contributed by atoms with E-state index in [1.54, 1.807) is 18.3 Å². The number of amides is 1. The zero-order valence-corrected chi connectivity index (χ0v) is 17.8. The molecule has 1 amide bonds. The molecule has 1 aliphatic heterocycles. The molecule has 0 saturated carbocycles. The molecule has 1 aromatic carbocycles. The molecule has 0 spiro atoms. The zero-order chi connectivity index (χ0) is 20.6. The quantitative estimate of drug-likeness (QED) is 0.600. The first-order valence-corrected chi connectivity index (χ1v) is 10.6. The summed E-state index contributed by atoms with van der Waals surface area (Å²) in [6, 6.07) is 9.28. The average molecular weight is 418 g/mol. The number of anilines is 1. The van der Waals surface area contributed by atoms with Gasteiger partial charge in [-0.1, -0.05) is 31.0 Å². The summed E-state index contributed by atoms with van der Waals surface area (Å²) in [6.45, 7) is 7.79. The summed E-state index contributed by atoms with van der Waals surface area (Å²) in [5.74, 6) is 1.92. The molecule has 0 atom stereocenters. The van der Waals surface area contributed by atoms with Gasteiger partial charge in [0.1, 0.15) is 5.82 Å². The maximum atomic E-state index is 13.1. The van der Waals surface area contributed by atoms with Crippen LogP contribution in [0.5, 0.6) is 11.5 Å². The van der Waals surface area contributed by atoms with E-state index in [9.17, 15) is 4.79 Å². The summed E-state index contributed by atoms with van der Waals surface area (Å²) >= 11 is 6.44. The summed E-state index contributed by atoms with van der Waals surface area (Å²) in [6.07, 6.45) is 3.75. The second-order valence-electron chi connectivity index (χ2n) is 6.89. The molecule has 1 fully saturated rings. The number of halogens is 1. The van der Waals surface area contributed by atoms with Crippen LogP contribution in [-0.2, 0) is 0 Å². The topological polar surface area (TPSA) is 54.9 Å². The fraction of sp³-hybridized carbons (Fsp3) is 0.455. The monoisotopic (exact) mass is 417 g/mol. The first-order chi connectivity index (χ1) is 14.1. The fourth-order valence-corrected chi connectivity index (χ4v) is 3.54. The van der Waals surface area contributed by atoms with E-state index in [1.165, 1.54) is 0 Å². The van der Waals surface area contributed by atoms with Crippen molar-refractivity contribution in [2.24, 2.45) is 0 Å². The van der Waals surface area contributed by atoms with Crippen molar-refractivity contribution in [1.82, 2.24) is 9.88 Å². The number of piperazine rings is 1. The number of nitrogens with zero attached hydrogens (tertiary/aromatic N) is 3. The van der Waals surface area contributed by atoms with Gasteiger partial charge in [0.25, 0.3) is 5.91 Å². The number of rotatable bonds is 8. The number of benzene rings is 1. The fourth-order valence-electron chi connectivity index (χ4n) is 3.28. The standard InChI is InChI=1S/C22H28ClN3O3/c1-3-5-14-29-21-18(23)15-17(16-19(21)28-4-2)22(27)26-12-10-25(11-13-26)20-8-6-7-9-24-20/h6-9,15-16H,3-5,10-14H2,1-2H3. The minimum atomic E-state index is -0.0476. The average Bonchev–Trinajstić information content (AvgIpc) is 2.76. The second kappa shape index (κ2) is 10.3. The van der Waals surface area contributed by atoms with Gasteiger partial charge in [0.15, 0.2) is 11.5 Å². The lowest BCUT2D eigenvalue weighted by atomic mass is 10.1. The smallest absolute Gasteiger partial charge is 0.254 e. The third-order valence-corrected chi connectivity index (χ3v) is 5.12. The lowest BCUT2D eigenvalue weighted by Crippen LogP contribution is -2.49. The number of unbranched alkanes of at least 4 members (excludes halogenated alkanes) is 1. The predicted octanol–water partition coefficient (Wildman–Crippen LogP) is 4.28. The van der Waals surface area contributed by atoms with Gasteiger partial charge in [-0.25, -0.2) is 4.98 Å². The van der Waals surface area contributed by atoms with Crippen molar-refractivity contribution in [3.63, 3.8) is 0 Å². The van der Waals surface area contributed by atoms with Gasteiger partial charge in [-0.2, -0.15) is 0 Å². The van der Waals surface area contributed by atoms with Crippen molar-refractivity contribution >= 4 is 23.3 Å². The van der Waals surface area contributed by atoms with Crippen molar-refractivity contribution < 1.29 is 14.3 Å². The molecule has 2 heterocycles. The van der Waals surface area contributed by atoms with Crippen LogP contribution < -0.4 is 14.4 Å². The predicted molar refractivity (Wildman–Crippen MR) is 115 cm³/mol. The molecule has 0 N–H and O–H groups in total. The Balaban J connectivity index is 1.70. The molecule has 156 valence electrons. The van der Waals surface area contributed by atoms with E-state index in [1.807, 2.05) is 30.0 Å². The van der Waals surface area contributed by atoms with Gasteiger partial charge in [0.2, 0.25) is 0 Å². The largest absolute Gasteiger partial charge is 0.490 e. The maximum Gasteiger partial charge on any atom is 0.254 e. The maximum absolute atomic E-state index is 13.1. The molecular formula is C22H28ClN3O3. The lowest BCUT2D eigenvalue weighted by molar-refractivity contribution is 0.0746. The Labute approximate surface area is 177 Å². The number of ether oxygens (including phenoxy) is 2. The number of aromatic nitrogens is 1. The molecule has 7 heteroatoms.